The lowest BCUT2D eigenvalue weighted by Crippen LogP contribution is -2.10. The fraction of sp³-hybridized carbons (Fsp3) is 0.400. The quantitative estimate of drug-likeness (QED) is 0.841. The van der Waals surface area contributed by atoms with Crippen molar-refractivity contribution in [1.29, 1.82) is 0 Å². The number of nitrogens with one attached hydrogen (secondary N) is 1. The van der Waals surface area contributed by atoms with Gasteiger partial charge in [0.2, 0.25) is 0 Å². The number of rotatable bonds is 7. The molecule has 0 amide bonds. The van der Waals surface area contributed by atoms with Crippen molar-refractivity contribution in [3.8, 4) is 5.75 Å². The van der Waals surface area contributed by atoms with Crippen LogP contribution in [0.1, 0.15) is 29.3 Å². The predicted octanol–water partition coefficient (Wildman–Crippen LogP) is 3.39. The fourth-order valence-corrected chi connectivity index (χ4v) is 2.55. The first-order chi connectivity index (χ1) is 9.31. The molecule has 1 aromatic heterocycles. The van der Waals surface area contributed by atoms with Crippen LogP contribution in [0.25, 0.3) is 0 Å². The highest BCUT2D eigenvalue weighted by molar-refractivity contribution is 7.11. The smallest absolute Gasteiger partial charge is 0.140 e. The third-order valence-corrected chi connectivity index (χ3v) is 3.79. The summed E-state index contributed by atoms with van der Waals surface area (Å²) in [6.07, 6.45) is 2.95. The zero-order valence-corrected chi connectivity index (χ0v) is 12.3. The fourth-order valence-electron chi connectivity index (χ4n) is 1.74. The van der Waals surface area contributed by atoms with Crippen LogP contribution in [-0.4, -0.2) is 11.5 Å². The number of hydrogen-bond acceptors (Lipinski definition) is 4. The highest BCUT2D eigenvalue weighted by Gasteiger charge is 2.03. The SMILES string of the molecule is CCNCc1cnc(COc2cccc(CC)c2)s1. The van der Waals surface area contributed by atoms with Gasteiger partial charge in [-0.3, -0.25) is 0 Å². The Morgan fingerprint density at radius 2 is 2.21 bits per heavy atom. The highest BCUT2D eigenvalue weighted by atomic mass is 32.1. The summed E-state index contributed by atoms with van der Waals surface area (Å²) in [6.45, 7) is 6.66. The first-order valence-corrected chi connectivity index (χ1v) is 7.49. The molecule has 0 spiro atoms. The average Bonchev–Trinajstić information content (AvgIpc) is 2.91. The lowest BCUT2D eigenvalue weighted by Gasteiger charge is -2.05. The Labute approximate surface area is 118 Å². The maximum Gasteiger partial charge on any atom is 0.140 e. The van der Waals surface area contributed by atoms with Crippen molar-refractivity contribution in [3.63, 3.8) is 0 Å². The summed E-state index contributed by atoms with van der Waals surface area (Å²) in [5, 5.41) is 4.32. The summed E-state index contributed by atoms with van der Waals surface area (Å²) in [4.78, 5) is 5.63. The Bertz CT molecular complexity index is 510. The number of thiazole rings is 1. The molecule has 2 aromatic rings. The van der Waals surface area contributed by atoms with Crippen LogP contribution in [0.15, 0.2) is 30.5 Å². The van der Waals surface area contributed by atoms with Gasteiger partial charge in [0.25, 0.3) is 0 Å². The van der Waals surface area contributed by atoms with Gasteiger partial charge in [0, 0.05) is 17.6 Å². The molecule has 4 heteroatoms. The van der Waals surface area contributed by atoms with Crippen molar-refractivity contribution in [1.82, 2.24) is 10.3 Å². The Hall–Kier alpha value is -1.39. The largest absolute Gasteiger partial charge is 0.486 e. The van der Waals surface area contributed by atoms with Gasteiger partial charge < -0.3 is 10.1 Å². The molecule has 0 fully saturated rings. The van der Waals surface area contributed by atoms with Crippen molar-refractivity contribution in [2.45, 2.75) is 33.4 Å². The second-order valence-electron chi connectivity index (χ2n) is 4.29. The maximum absolute atomic E-state index is 5.78. The molecular formula is C15H20N2OS. The van der Waals surface area contributed by atoms with Crippen LogP contribution in [0.4, 0.5) is 0 Å². The first-order valence-electron chi connectivity index (χ1n) is 6.67. The molecule has 0 unspecified atom stereocenters. The van der Waals surface area contributed by atoms with Crippen molar-refractivity contribution in [2.75, 3.05) is 6.54 Å². The maximum atomic E-state index is 5.78. The molecule has 0 aliphatic carbocycles. The second kappa shape index (κ2) is 7.26. The van der Waals surface area contributed by atoms with E-state index in [0.29, 0.717) is 6.61 Å². The normalized spacial score (nSPS) is 10.6. The lowest BCUT2D eigenvalue weighted by atomic mass is 10.2. The third-order valence-electron chi connectivity index (χ3n) is 2.82. The molecular weight excluding hydrogens is 256 g/mol. The molecule has 0 aliphatic heterocycles. The number of nitrogens with zero attached hydrogens (tertiary/aromatic N) is 1. The van der Waals surface area contributed by atoms with E-state index in [1.54, 1.807) is 11.3 Å². The van der Waals surface area contributed by atoms with Gasteiger partial charge >= 0.3 is 0 Å². The molecule has 0 aliphatic rings. The third kappa shape index (κ3) is 4.33. The summed E-state index contributed by atoms with van der Waals surface area (Å²) in [5.74, 6) is 0.919. The van der Waals surface area contributed by atoms with Crippen molar-refractivity contribution in [2.24, 2.45) is 0 Å². The van der Waals surface area contributed by atoms with E-state index in [2.05, 4.69) is 36.3 Å². The van der Waals surface area contributed by atoms with Gasteiger partial charge in [0.05, 0.1) is 0 Å². The first kappa shape index (κ1) is 14.0. The van der Waals surface area contributed by atoms with E-state index in [0.717, 1.165) is 30.3 Å². The molecule has 0 radical (unpaired) electrons. The lowest BCUT2D eigenvalue weighted by molar-refractivity contribution is 0.305. The highest BCUT2D eigenvalue weighted by Crippen LogP contribution is 2.18. The molecule has 102 valence electrons. The van der Waals surface area contributed by atoms with Crippen LogP contribution < -0.4 is 10.1 Å². The van der Waals surface area contributed by atoms with Crippen LogP contribution >= 0.6 is 11.3 Å². The summed E-state index contributed by atoms with van der Waals surface area (Å²) >= 11 is 1.70. The Kier molecular flexibility index (Phi) is 5.36. The van der Waals surface area contributed by atoms with Gasteiger partial charge in [-0.05, 0) is 30.7 Å². The van der Waals surface area contributed by atoms with E-state index < -0.39 is 0 Å². The minimum absolute atomic E-state index is 0.546. The molecule has 3 nitrogen and oxygen atoms in total. The molecule has 2 rings (SSSR count). The van der Waals surface area contributed by atoms with Gasteiger partial charge in [0.1, 0.15) is 17.4 Å². The Morgan fingerprint density at radius 3 is 3.00 bits per heavy atom. The number of aryl methyl sites for hydroxylation is 1. The van der Waals surface area contributed by atoms with Gasteiger partial charge in [0.15, 0.2) is 0 Å². The summed E-state index contributed by atoms with van der Waals surface area (Å²) in [6, 6.07) is 8.23. The molecule has 0 saturated heterocycles. The number of hydrogen-bond donors (Lipinski definition) is 1. The van der Waals surface area contributed by atoms with E-state index in [-0.39, 0.29) is 0 Å². The number of benzene rings is 1. The van der Waals surface area contributed by atoms with E-state index >= 15 is 0 Å². The number of aromatic nitrogens is 1. The predicted molar refractivity (Wildman–Crippen MR) is 79.6 cm³/mol. The van der Waals surface area contributed by atoms with E-state index in [1.807, 2.05) is 18.3 Å². The monoisotopic (exact) mass is 276 g/mol. The van der Waals surface area contributed by atoms with E-state index in [1.165, 1.54) is 10.4 Å². The van der Waals surface area contributed by atoms with Crippen LogP contribution in [-0.2, 0) is 19.6 Å². The summed E-state index contributed by atoms with van der Waals surface area (Å²) in [7, 11) is 0. The molecule has 0 atom stereocenters. The Morgan fingerprint density at radius 1 is 1.32 bits per heavy atom. The zero-order chi connectivity index (χ0) is 13.5. The minimum Gasteiger partial charge on any atom is -0.486 e. The minimum atomic E-state index is 0.546. The van der Waals surface area contributed by atoms with Crippen molar-refractivity contribution >= 4 is 11.3 Å². The van der Waals surface area contributed by atoms with Crippen LogP contribution in [0.3, 0.4) is 0 Å². The average molecular weight is 276 g/mol. The van der Waals surface area contributed by atoms with E-state index in [9.17, 15) is 0 Å². The molecule has 0 bridgehead atoms. The van der Waals surface area contributed by atoms with Crippen LogP contribution in [0.2, 0.25) is 0 Å². The Balaban J connectivity index is 1.89. The topological polar surface area (TPSA) is 34.2 Å². The summed E-state index contributed by atoms with van der Waals surface area (Å²) < 4.78 is 5.78. The number of ether oxygens (including phenoxy) is 1. The zero-order valence-electron chi connectivity index (χ0n) is 11.5. The van der Waals surface area contributed by atoms with Crippen molar-refractivity contribution in [3.05, 3.63) is 45.9 Å². The van der Waals surface area contributed by atoms with Crippen LogP contribution in [0.5, 0.6) is 5.75 Å². The molecule has 19 heavy (non-hydrogen) atoms. The van der Waals surface area contributed by atoms with Gasteiger partial charge in [-0.15, -0.1) is 11.3 Å². The van der Waals surface area contributed by atoms with E-state index in [4.69, 9.17) is 4.74 Å². The molecule has 0 saturated carbocycles. The van der Waals surface area contributed by atoms with Crippen LogP contribution in [0, 0.1) is 0 Å². The molecule has 1 aromatic carbocycles. The standard InChI is InChI=1S/C15H20N2OS/c1-3-12-6-5-7-13(8-12)18-11-15-17-10-14(19-15)9-16-4-2/h5-8,10,16H,3-4,9,11H2,1-2H3. The van der Waals surface area contributed by atoms with Crippen molar-refractivity contribution < 1.29 is 4.74 Å². The molecule has 1 N–H and O–H groups in total. The molecule has 1 heterocycles. The second-order valence-corrected chi connectivity index (χ2v) is 5.49. The van der Waals surface area contributed by atoms with Gasteiger partial charge in [-0.1, -0.05) is 26.0 Å². The van der Waals surface area contributed by atoms with Gasteiger partial charge in [-0.2, -0.15) is 0 Å². The summed E-state index contributed by atoms with van der Waals surface area (Å²) in [5.41, 5.74) is 1.30. The van der Waals surface area contributed by atoms with Gasteiger partial charge in [-0.25, -0.2) is 4.98 Å².